The van der Waals surface area contributed by atoms with Crippen molar-refractivity contribution in [2.75, 3.05) is 6.54 Å². The van der Waals surface area contributed by atoms with Crippen LogP contribution in [-0.2, 0) is 0 Å². The van der Waals surface area contributed by atoms with E-state index in [1.807, 2.05) is 6.07 Å². The lowest BCUT2D eigenvalue weighted by Gasteiger charge is -2.20. The van der Waals surface area contributed by atoms with Gasteiger partial charge in [0.05, 0.1) is 12.3 Å². The average Bonchev–Trinajstić information content (AvgIpc) is 2.77. The maximum Gasteiger partial charge on any atom is 0.120 e. The lowest BCUT2D eigenvalue weighted by Crippen LogP contribution is -2.23. The van der Waals surface area contributed by atoms with E-state index in [-0.39, 0.29) is 0 Å². The Morgan fingerprint density at radius 1 is 1.31 bits per heavy atom. The number of furan rings is 1. The van der Waals surface area contributed by atoms with Crippen LogP contribution in [0, 0.1) is 5.92 Å². The molecule has 0 radical (unpaired) electrons. The fourth-order valence-corrected chi connectivity index (χ4v) is 2.12. The van der Waals surface area contributed by atoms with Crippen LogP contribution in [0.15, 0.2) is 22.8 Å². The number of hydrogen-bond acceptors (Lipinski definition) is 2. The first-order valence-electron chi connectivity index (χ1n) is 6.54. The Kier molecular flexibility index (Phi) is 6.24. The Balaban J connectivity index is 2.50. The minimum atomic E-state index is 0.386. The standard InChI is InChI=1S/C14H25NO/c1-4-7-12(3)11-13(15-9-5-2)14-8-6-10-16-14/h6,8,10,12-13,15H,4-5,7,9,11H2,1-3H3. The maximum absolute atomic E-state index is 5.51. The lowest BCUT2D eigenvalue weighted by atomic mass is 9.96. The zero-order valence-corrected chi connectivity index (χ0v) is 10.8. The fourth-order valence-electron chi connectivity index (χ4n) is 2.12. The molecule has 2 unspecified atom stereocenters. The van der Waals surface area contributed by atoms with Gasteiger partial charge in [-0.15, -0.1) is 0 Å². The molecule has 2 atom stereocenters. The molecule has 16 heavy (non-hydrogen) atoms. The van der Waals surface area contributed by atoms with Crippen molar-refractivity contribution in [1.29, 1.82) is 0 Å². The Bertz CT molecular complexity index is 256. The third kappa shape index (κ3) is 4.40. The third-order valence-corrected chi connectivity index (χ3v) is 2.95. The summed E-state index contributed by atoms with van der Waals surface area (Å²) in [5.41, 5.74) is 0. The molecule has 0 aromatic carbocycles. The first kappa shape index (κ1) is 13.3. The first-order chi connectivity index (χ1) is 7.77. The average molecular weight is 223 g/mol. The van der Waals surface area contributed by atoms with Gasteiger partial charge in [0.25, 0.3) is 0 Å². The van der Waals surface area contributed by atoms with Crippen molar-refractivity contribution in [3.05, 3.63) is 24.2 Å². The minimum Gasteiger partial charge on any atom is -0.468 e. The molecular weight excluding hydrogens is 198 g/mol. The van der Waals surface area contributed by atoms with Crippen molar-refractivity contribution in [2.45, 2.75) is 52.5 Å². The van der Waals surface area contributed by atoms with E-state index in [1.54, 1.807) is 6.26 Å². The normalized spacial score (nSPS) is 14.9. The van der Waals surface area contributed by atoms with Gasteiger partial charge in [0.1, 0.15) is 5.76 Å². The largest absolute Gasteiger partial charge is 0.468 e. The molecule has 2 nitrogen and oxygen atoms in total. The van der Waals surface area contributed by atoms with Crippen LogP contribution in [0.25, 0.3) is 0 Å². The molecule has 1 N–H and O–H groups in total. The van der Waals surface area contributed by atoms with Gasteiger partial charge in [0.2, 0.25) is 0 Å². The molecule has 1 aromatic heterocycles. The van der Waals surface area contributed by atoms with Crippen molar-refractivity contribution in [1.82, 2.24) is 5.32 Å². The Labute approximate surface area is 99.4 Å². The molecule has 0 saturated carbocycles. The molecule has 1 heterocycles. The first-order valence-corrected chi connectivity index (χ1v) is 6.54. The van der Waals surface area contributed by atoms with Gasteiger partial charge in [-0.05, 0) is 37.4 Å². The summed E-state index contributed by atoms with van der Waals surface area (Å²) in [6.45, 7) is 7.83. The van der Waals surface area contributed by atoms with E-state index in [2.05, 4.69) is 32.2 Å². The molecule has 0 aliphatic carbocycles. The second-order valence-corrected chi connectivity index (χ2v) is 4.65. The molecule has 92 valence electrons. The molecule has 0 fully saturated rings. The molecule has 0 spiro atoms. The van der Waals surface area contributed by atoms with E-state index >= 15 is 0 Å². The predicted octanol–water partition coefficient (Wildman–Crippen LogP) is 4.15. The van der Waals surface area contributed by atoms with E-state index in [1.165, 1.54) is 25.7 Å². The van der Waals surface area contributed by atoms with Crippen LogP contribution < -0.4 is 5.32 Å². The van der Waals surface area contributed by atoms with Crippen molar-refractivity contribution in [2.24, 2.45) is 5.92 Å². The van der Waals surface area contributed by atoms with E-state index < -0.39 is 0 Å². The topological polar surface area (TPSA) is 25.2 Å². The number of nitrogens with one attached hydrogen (secondary N) is 1. The predicted molar refractivity (Wildman–Crippen MR) is 68.4 cm³/mol. The van der Waals surface area contributed by atoms with Gasteiger partial charge >= 0.3 is 0 Å². The summed E-state index contributed by atoms with van der Waals surface area (Å²) in [6.07, 6.45) is 6.66. The van der Waals surface area contributed by atoms with Gasteiger partial charge in [-0.3, -0.25) is 0 Å². The summed E-state index contributed by atoms with van der Waals surface area (Å²) in [5.74, 6) is 1.83. The number of hydrogen-bond donors (Lipinski definition) is 1. The SMILES string of the molecule is CCCNC(CC(C)CCC)c1ccco1. The zero-order valence-electron chi connectivity index (χ0n) is 10.8. The smallest absolute Gasteiger partial charge is 0.120 e. The minimum absolute atomic E-state index is 0.386. The highest BCUT2D eigenvalue weighted by Gasteiger charge is 2.16. The summed E-state index contributed by atoms with van der Waals surface area (Å²) >= 11 is 0. The summed E-state index contributed by atoms with van der Waals surface area (Å²) < 4.78 is 5.51. The van der Waals surface area contributed by atoms with Gasteiger partial charge in [-0.2, -0.15) is 0 Å². The molecule has 0 saturated heterocycles. The summed E-state index contributed by atoms with van der Waals surface area (Å²) in [5, 5.41) is 3.57. The summed E-state index contributed by atoms with van der Waals surface area (Å²) in [7, 11) is 0. The van der Waals surface area contributed by atoms with Crippen LogP contribution in [0.3, 0.4) is 0 Å². The van der Waals surface area contributed by atoms with Crippen molar-refractivity contribution in [3.8, 4) is 0 Å². The van der Waals surface area contributed by atoms with Crippen LogP contribution >= 0.6 is 0 Å². The lowest BCUT2D eigenvalue weighted by molar-refractivity contribution is 0.340. The zero-order chi connectivity index (χ0) is 11.8. The quantitative estimate of drug-likeness (QED) is 0.716. The van der Waals surface area contributed by atoms with Crippen LogP contribution in [0.5, 0.6) is 0 Å². The molecular formula is C14H25NO. The van der Waals surface area contributed by atoms with E-state index in [9.17, 15) is 0 Å². The van der Waals surface area contributed by atoms with Gasteiger partial charge in [0.15, 0.2) is 0 Å². The Morgan fingerprint density at radius 2 is 2.12 bits per heavy atom. The highest BCUT2D eigenvalue weighted by Crippen LogP contribution is 2.24. The van der Waals surface area contributed by atoms with Gasteiger partial charge in [-0.25, -0.2) is 0 Å². The van der Waals surface area contributed by atoms with Crippen LogP contribution in [0.2, 0.25) is 0 Å². The van der Waals surface area contributed by atoms with Crippen molar-refractivity contribution < 1.29 is 4.42 Å². The van der Waals surface area contributed by atoms with Gasteiger partial charge < -0.3 is 9.73 Å². The van der Waals surface area contributed by atoms with E-state index in [4.69, 9.17) is 4.42 Å². The van der Waals surface area contributed by atoms with Gasteiger partial charge in [0, 0.05) is 0 Å². The van der Waals surface area contributed by atoms with E-state index in [0.29, 0.717) is 6.04 Å². The second-order valence-electron chi connectivity index (χ2n) is 4.65. The highest BCUT2D eigenvalue weighted by molar-refractivity contribution is 5.04. The van der Waals surface area contributed by atoms with Crippen molar-refractivity contribution in [3.63, 3.8) is 0 Å². The monoisotopic (exact) mass is 223 g/mol. The molecule has 0 aliphatic heterocycles. The highest BCUT2D eigenvalue weighted by atomic mass is 16.3. The van der Waals surface area contributed by atoms with Gasteiger partial charge in [-0.1, -0.05) is 33.6 Å². The van der Waals surface area contributed by atoms with Crippen LogP contribution in [-0.4, -0.2) is 6.54 Å². The maximum atomic E-state index is 5.51. The van der Waals surface area contributed by atoms with Crippen LogP contribution in [0.4, 0.5) is 0 Å². The van der Waals surface area contributed by atoms with Crippen LogP contribution in [0.1, 0.15) is 58.3 Å². The third-order valence-electron chi connectivity index (χ3n) is 2.95. The summed E-state index contributed by atoms with van der Waals surface area (Å²) in [4.78, 5) is 0. The molecule has 0 bridgehead atoms. The van der Waals surface area contributed by atoms with E-state index in [0.717, 1.165) is 18.2 Å². The Hall–Kier alpha value is -0.760. The fraction of sp³-hybridized carbons (Fsp3) is 0.714. The second kappa shape index (κ2) is 7.50. The van der Waals surface area contributed by atoms with Crippen molar-refractivity contribution >= 4 is 0 Å². The molecule has 0 amide bonds. The molecule has 0 aliphatic rings. The molecule has 2 heteroatoms. The Morgan fingerprint density at radius 3 is 2.69 bits per heavy atom. The summed E-state index contributed by atoms with van der Waals surface area (Å²) in [6, 6.07) is 4.43. The number of rotatable bonds is 8. The molecule has 1 rings (SSSR count). The molecule has 1 aromatic rings.